The number of hydrogen-bond acceptors (Lipinski definition) is 3. The molecule has 106 valence electrons. The van der Waals surface area contributed by atoms with Crippen LogP contribution in [0.15, 0.2) is 6.33 Å². The van der Waals surface area contributed by atoms with Crippen LogP contribution in [0.1, 0.15) is 42.9 Å². The van der Waals surface area contributed by atoms with Gasteiger partial charge in [-0.2, -0.15) is 0 Å². The molecule has 5 heteroatoms. The lowest BCUT2D eigenvalue weighted by Gasteiger charge is -2.26. The minimum absolute atomic E-state index is 0.00200. The van der Waals surface area contributed by atoms with E-state index in [0.717, 1.165) is 38.2 Å². The van der Waals surface area contributed by atoms with E-state index in [1.165, 1.54) is 0 Å². The van der Waals surface area contributed by atoms with Gasteiger partial charge in [0.1, 0.15) is 5.69 Å². The Morgan fingerprint density at radius 2 is 2.11 bits per heavy atom. The van der Waals surface area contributed by atoms with Crippen LogP contribution in [0, 0.1) is 6.92 Å². The van der Waals surface area contributed by atoms with Gasteiger partial charge in [0.2, 0.25) is 0 Å². The molecule has 0 unspecified atom stereocenters. The monoisotopic (exact) mass is 264 g/mol. The summed E-state index contributed by atoms with van der Waals surface area (Å²) < 4.78 is 1.79. The molecule has 1 aliphatic carbocycles. The van der Waals surface area contributed by atoms with Crippen LogP contribution in [-0.2, 0) is 7.05 Å². The first kappa shape index (κ1) is 14.1. The van der Waals surface area contributed by atoms with Crippen LogP contribution in [0.4, 0.5) is 0 Å². The second kappa shape index (κ2) is 5.33. The number of aromatic nitrogens is 2. The molecule has 1 heterocycles. The minimum atomic E-state index is -0.0141. The third-order valence-corrected chi connectivity index (χ3v) is 3.99. The van der Waals surface area contributed by atoms with Crippen LogP contribution < -0.4 is 5.32 Å². The van der Waals surface area contributed by atoms with E-state index >= 15 is 0 Å². The molecule has 0 radical (unpaired) electrons. The summed E-state index contributed by atoms with van der Waals surface area (Å²) in [7, 11) is 1.86. The first-order valence-corrected chi connectivity index (χ1v) is 7.04. The number of amides is 1. The maximum Gasteiger partial charge on any atom is 0.270 e. The van der Waals surface area contributed by atoms with Crippen molar-refractivity contribution in [3.8, 4) is 0 Å². The Balaban J connectivity index is 2.03. The Hall–Kier alpha value is -1.36. The molecule has 1 fully saturated rings. The molecule has 0 atom stereocenters. The van der Waals surface area contributed by atoms with Crippen LogP contribution in [0.5, 0.6) is 0 Å². The largest absolute Gasteiger partial charge is 0.344 e. The van der Waals surface area contributed by atoms with Crippen molar-refractivity contribution in [2.24, 2.45) is 7.05 Å². The van der Waals surface area contributed by atoms with Crippen molar-refractivity contribution in [2.45, 2.75) is 39.2 Å². The van der Waals surface area contributed by atoms with Gasteiger partial charge in [0, 0.05) is 13.6 Å². The van der Waals surface area contributed by atoms with Crippen molar-refractivity contribution in [1.29, 1.82) is 0 Å². The second-order valence-electron chi connectivity index (χ2n) is 5.49. The predicted molar refractivity (Wildman–Crippen MR) is 75.2 cm³/mol. The van der Waals surface area contributed by atoms with Crippen LogP contribution in [0.25, 0.3) is 0 Å². The standard InChI is InChI=1S/C14H24N4O/c1-5-18(6-2)9-14(7-8-14)16-13(19)12-11(3)15-10-17(12)4/h10H,5-9H2,1-4H3,(H,16,19). The van der Waals surface area contributed by atoms with Crippen molar-refractivity contribution in [3.05, 3.63) is 17.7 Å². The number of hydrogen-bond donors (Lipinski definition) is 1. The number of nitrogens with one attached hydrogen (secondary N) is 1. The number of likely N-dealkylation sites (N-methyl/N-ethyl adjacent to an activating group) is 1. The Morgan fingerprint density at radius 1 is 1.47 bits per heavy atom. The highest BCUT2D eigenvalue weighted by atomic mass is 16.2. The Kier molecular flexibility index (Phi) is 3.94. The van der Waals surface area contributed by atoms with E-state index in [2.05, 4.69) is 29.0 Å². The Labute approximate surface area is 115 Å². The van der Waals surface area contributed by atoms with E-state index in [1.807, 2.05) is 14.0 Å². The summed E-state index contributed by atoms with van der Waals surface area (Å²) in [6, 6.07) is 0. The van der Waals surface area contributed by atoms with Crippen molar-refractivity contribution >= 4 is 5.91 Å². The number of carbonyl (C=O) groups is 1. The molecule has 2 rings (SSSR count). The summed E-state index contributed by atoms with van der Waals surface area (Å²) in [6.07, 6.45) is 3.84. The molecule has 1 aromatic rings. The molecule has 1 amide bonds. The first-order chi connectivity index (χ1) is 9.01. The SMILES string of the molecule is CCN(CC)CC1(NC(=O)c2c(C)ncn2C)CC1. The fourth-order valence-electron chi connectivity index (χ4n) is 2.52. The third kappa shape index (κ3) is 2.97. The minimum Gasteiger partial charge on any atom is -0.344 e. The molecule has 0 aromatic carbocycles. The fourth-order valence-corrected chi connectivity index (χ4v) is 2.52. The number of carbonyl (C=O) groups excluding carboxylic acids is 1. The zero-order valence-corrected chi connectivity index (χ0v) is 12.4. The van der Waals surface area contributed by atoms with Crippen LogP contribution in [0.2, 0.25) is 0 Å². The molecule has 0 spiro atoms. The topological polar surface area (TPSA) is 50.2 Å². The second-order valence-corrected chi connectivity index (χ2v) is 5.49. The maximum absolute atomic E-state index is 12.4. The lowest BCUT2D eigenvalue weighted by molar-refractivity contribution is 0.0909. The van der Waals surface area contributed by atoms with Gasteiger partial charge in [0.05, 0.1) is 17.6 Å². The van der Waals surface area contributed by atoms with Crippen LogP contribution in [-0.4, -0.2) is 45.5 Å². The summed E-state index contributed by atoms with van der Waals surface area (Å²) in [5, 5.41) is 3.21. The summed E-state index contributed by atoms with van der Waals surface area (Å²) in [6.45, 7) is 9.19. The van der Waals surface area contributed by atoms with Crippen LogP contribution >= 0.6 is 0 Å². The van der Waals surface area contributed by atoms with E-state index in [4.69, 9.17) is 0 Å². The van der Waals surface area contributed by atoms with Gasteiger partial charge < -0.3 is 14.8 Å². The predicted octanol–water partition coefficient (Wildman–Crippen LogP) is 1.33. The van der Waals surface area contributed by atoms with E-state index in [9.17, 15) is 4.79 Å². The molecule has 1 aromatic heterocycles. The molecular formula is C14H24N4O. The lowest BCUT2D eigenvalue weighted by Crippen LogP contribution is -2.46. The summed E-state index contributed by atoms with van der Waals surface area (Å²) in [4.78, 5) is 18.9. The number of rotatable bonds is 6. The lowest BCUT2D eigenvalue weighted by atomic mass is 10.2. The molecule has 1 N–H and O–H groups in total. The van der Waals surface area contributed by atoms with Crippen molar-refractivity contribution in [1.82, 2.24) is 19.8 Å². The smallest absolute Gasteiger partial charge is 0.270 e. The highest BCUT2D eigenvalue weighted by molar-refractivity contribution is 5.94. The van der Waals surface area contributed by atoms with Gasteiger partial charge in [-0.3, -0.25) is 4.79 Å². The van der Waals surface area contributed by atoms with E-state index in [0.29, 0.717) is 5.69 Å². The van der Waals surface area contributed by atoms with Crippen molar-refractivity contribution < 1.29 is 4.79 Å². The van der Waals surface area contributed by atoms with Gasteiger partial charge in [-0.15, -0.1) is 0 Å². The number of nitrogens with zero attached hydrogens (tertiary/aromatic N) is 3. The Morgan fingerprint density at radius 3 is 2.53 bits per heavy atom. The average Bonchev–Trinajstić information content (AvgIpc) is 3.04. The van der Waals surface area contributed by atoms with Gasteiger partial charge in [0.25, 0.3) is 5.91 Å². The summed E-state index contributed by atoms with van der Waals surface area (Å²) >= 11 is 0. The normalized spacial score (nSPS) is 16.7. The van der Waals surface area contributed by atoms with Gasteiger partial charge in [-0.25, -0.2) is 4.98 Å². The zero-order valence-electron chi connectivity index (χ0n) is 12.4. The van der Waals surface area contributed by atoms with Gasteiger partial charge in [-0.1, -0.05) is 13.8 Å². The fraction of sp³-hybridized carbons (Fsp3) is 0.714. The van der Waals surface area contributed by atoms with E-state index in [1.54, 1.807) is 10.9 Å². The average molecular weight is 264 g/mol. The van der Waals surface area contributed by atoms with Gasteiger partial charge in [0.15, 0.2) is 0 Å². The third-order valence-electron chi connectivity index (χ3n) is 3.99. The van der Waals surface area contributed by atoms with Crippen LogP contribution in [0.3, 0.4) is 0 Å². The molecule has 19 heavy (non-hydrogen) atoms. The summed E-state index contributed by atoms with van der Waals surface area (Å²) in [5.41, 5.74) is 1.45. The molecule has 1 saturated carbocycles. The molecular weight excluding hydrogens is 240 g/mol. The molecule has 0 saturated heterocycles. The van der Waals surface area contributed by atoms with Crippen molar-refractivity contribution in [2.75, 3.05) is 19.6 Å². The highest BCUT2D eigenvalue weighted by Crippen LogP contribution is 2.36. The molecule has 0 bridgehead atoms. The molecule has 0 aliphatic heterocycles. The number of imidazole rings is 1. The quantitative estimate of drug-likeness (QED) is 0.843. The van der Waals surface area contributed by atoms with Gasteiger partial charge in [-0.05, 0) is 32.9 Å². The maximum atomic E-state index is 12.4. The molecule has 1 aliphatic rings. The van der Waals surface area contributed by atoms with Crippen molar-refractivity contribution in [3.63, 3.8) is 0 Å². The summed E-state index contributed by atoms with van der Waals surface area (Å²) in [5.74, 6) is 0.00200. The first-order valence-electron chi connectivity index (χ1n) is 7.04. The molecule has 5 nitrogen and oxygen atoms in total. The highest BCUT2D eigenvalue weighted by Gasteiger charge is 2.45. The zero-order chi connectivity index (χ0) is 14.0. The van der Waals surface area contributed by atoms with E-state index < -0.39 is 0 Å². The Bertz CT molecular complexity index is 439. The van der Waals surface area contributed by atoms with Gasteiger partial charge >= 0.3 is 0 Å². The van der Waals surface area contributed by atoms with E-state index in [-0.39, 0.29) is 11.4 Å². The number of aryl methyl sites for hydroxylation is 2.